The molecule has 1 fully saturated rings. The SMILES string of the molecule is COc1ccccc1C(c1nnnn1Cc1ccccc1)N1CCN(c2nc3ccccc3s2)CC1.Cl. The summed E-state index contributed by atoms with van der Waals surface area (Å²) < 4.78 is 8.91. The zero-order chi connectivity index (χ0) is 24.3. The molecular formula is C27H28ClN7OS. The summed E-state index contributed by atoms with van der Waals surface area (Å²) in [6.07, 6.45) is 0. The average molecular weight is 534 g/mol. The molecule has 2 aromatic heterocycles. The number of aromatic nitrogens is 5. The summed E-state index contributed by atoms with van der Waals surface area (Å²) in [4.78, 5) is 9.71. The molecule has 37 heavy (non-hydrogen) atoms. The van der Waals surface area contributed by atoms with Gasteiger partial charge in [-0.25, -0.2) is 9.67 Å². The summed E-state index contributed by atoms with van der Waals surface area (Å²) in [6.45, 7) is 4.09. The number of halogens is 1. The van der Waals surface area contributed by atoms with Gasteiger partial charge in [0.2, 0.25) is 0 Å². The van der Waals surface area contributed by atoms with Crippen LogP contribution in [0.5, 0.6) is 5.75 Å². The number of anilines is 1. The molecule has 8 nitrogen and oxygen atoms in total. The smallest absolute Gasteiger partial charge is 0.186 e. The molecular weight excluding hydrogens is 506 g/mol. The van der Waals surface area contributed by atoms with Crippen molar-refractivity contribution in [1.82, 2.24) is 30.1 Å². The van der Waals surface area contributed by atoms with Crippen LogP contribution in [0.25, 0.3) is 10.2 Å². The lowest BCUT2D eigenvalue weighted by Crippen LogP contribution is -2.48. The first kappa shape index (κ1) is 25.1. The van der Waals surface area contributed by atoms with Crippen molar-refractivity contribution in [3.05, 3.63) is 95.8 Å². The van der Waals surface area contributed by atoms with Gasteiger partial charge in [-0.05, 0) is 34.2 Å². The summed E-state index contributed by atoms with van der Waals surface area (Å²) in [5, 5.41) is 14.1. The number of methoxy groups -OCH3 is 1. The van der Waals surface area contributed by atoms with Crippen LogP contribution >= 0.6 is 23.7 Å². The van der Waals surface area contributed by atoms with Crippen LogP contribution in [0.2, 0.25) is 0 Å². The predicted octanol–water partition coefficient (Wildman–Crippen LogP) is 4.67. The molecule has 10 heteroatoms. The van der Waals surface area contributed by atoms with Crippen LogP contribution in [0.15, 0.2) is 78.9 Å². The second kappa shape index (κ2) is 11.2. The normalized spacial score (nSPS) is 14.9. The van der Waals surface area contributed by atoms with Crippen LogP contribution in [0.3, 0.4) is 0 Å². The molecule has 0 amide bonds. The van der Waals surface area contributed by atoms with E-state index in [-0.39, 0.29) is 18.4 Å². The number of benzene rings is 3. The molecule has 1 aliphatic heterocycles. The Hall–Kier alpha value is -3.53. The zero-order valence-corrected chi connectivity index (χ0v) is 22.1. The minimum Gasteiger partial charge on any atom is -0.496 e. The van der Waals surface area contributed by atoms with E-state index < -0.39 is 0 Å². The highest BCUT2D eigenvalue weighted by Gasteiger charge is 2.33. The Morgan fingerprint density at radius 2 is 1.62 bits per heavy atom. The van der Waals surface area contributed by atoms with Gasteiger partial charge in [0, 0.05) is 31.7 Å². The maximum atomic E-state index is 5.77. The highest BCUT2D eigenvalue weighted by molar-refractivity contribution is 7.22. The highest BCUT2D eigenvalue weighted by Crippen LogP contribution is 2.35. The quantitative estimate of drug-likeness (QED) is 0.301. The van der Waals surface area contributed by atoms with Crippen molar-refractivity contribution in [3.63, 3.8) is 0 Å². The number of para-hydroxylation sites is 2. The summed E-state index contributed by atoms with van der Waals surface area (Å²) >= 11 is 1.76. The molecule has 190 valence electrons. The van der Waals surface area contributed by atoms with E-state index in [9.17, 15) is 0 Å². The Bertz CT molecular complexity index is 1420. The predicted molar refractivity (Wildman–Crippen MR) is 149 cm³/mol. The zero-order valence-electron chi connectivity index (χ0n) is 20.5. The Morgan fingerprint density at radius 1 is 0.892 bits per heavy atom. The van der Waals surface area contributed by atoms with E-state index in [0.29, 0.717) is 6.54 Å². The van der Waals surface area contributed by atoms with Crippen LogP contribution in [0.1, 0.15) is 23.0 Å². The van der Waals surface area contributed by atoms with Crippen molar-refractivity contribution < 1.29 is 4.74 Å². The summed E-state index contributed by atoms with van der Waals surface area (Å²) in [7, 11) is 1.72. The lowest BCUT2D eigenvalue weighted by atomic mass is 10.0. The van der Waals surface area contributed by atoms with E-state index in [4.69, 9.17) is 9.72 Å². The maximum Gasteiger partial charge on any atom is 0.186 e. The van der Waals surface area contributed by atoms with Gasteiger partial charge in [-0.2, -0.15) is 0 Å². The summed E-state index contributed by atoms with van der Waals surface area (Å²) in [5.74, 6) is 1.65. The molecule has 6 rings (SSSR count). The fourth-order valence-corrected chi connectivity index (χ4v) is 5.85. The lowest BCUT2D eigenvalue weighted by Gasteiger charge is -2.39. The van der Waals surface area contributed by atoms with Crippen molar-refractivity contribution in [3.8, 4) is 5.75 Å². The van der Waals surface area contributed by atoms with Crippen molar-refractivity contribution >= 4 is 39.1 Å². The second-order valence-electron chi connectivity index (χ2n) is 8.81. The van der Waals surface area contributed by atoms with Crippen molar-refractivity contribution in [1.29, 1.82) is 0 Å². The topological polar surface area (TPSA) is 72.2 Å². The van der Waals surface area contributed by atoms with Crippen LogP contribution < -0.4 is 9.64 Å². The molecule has 0 radical (unpaired) electrons. The Morgan fingerprint density at radius 3 is 2.41 bits per heavy atom. The Labute approximate surface area is 225 Å². The fraction of sp³-hybridized carbons (Fsp3) is 0.259. The molecule has 3 aromatic carbocycles. The number of hydrogen-bond donors (Lipinski definition) is 0. The number of rotatable bonds is 7. The number of nitrogens with zero attached hydrogens (tertiary/aromatic N) is 7. The number of piperazine rings is 1. The summed E-state index contributed by atoms with van der Waals surface area (Å²) in [5.41, 5.74) is 3.29. The van der Waals surface area contributed by atoms with Gasteiger partial charge in [-0.3, -0.25) is 4.90 Å². The fourth-order valence-electron chi connectivity index (χ4n) is 4.83. The average Bonchev–Trinajstić information content (AvgIpc) is 3.57. The van der Waals surface area contributed by atoms with Crippen LogP contribution in [-0.2, 0) is 6.54 Å². The van der Waals surface area contributed by atoms with Gasteiger partial charge in [0.15, 0.2) is 11.0 Å². The molecule has 0 spiro atoms. The largest absolute Gasteiger partial charge is 0.496 e. The lowest BCUT2D eigenvalue weighted by molar-refractivity contribution is 0.198. The van der Waals surface area contributed by atoms with Gasteiger partial charge >= 0.3 is 0 Å². The first-order chi connectivity index (χ1) is 17.8. The number of thiazole rings is 1. The third-order valence-corrected chi connectivity index (χ3v) is 7.74. The van der Waals surface area contributed by atoms with Crippen molar-refractivity contribution in [2.75, 3.05) is 38.2 Å². The van der Waals surface area contributed by atoms with Gasteiger partial charge in [0.25, 0.3) is 0 Å². The minimum atomic E-state index is -0.127. The third-order valence-electron chi connectivity index (χ3n) is 6.65. The van der Waals surface area contributed by atoms with Crippen LogP contribution in [-0.4, -0.2) is 63.4 Å². The molecule has 0 aliphatic carbocycles. The monoisotopic (exact) mass is 533 g/mol. The summed E-state index contributed by atoms with van der Waals surface area (Å²) in [6, 6.07) is 26.7. The maximum absolute atomic E-state index is 5.77. The first-order valence-electron chi connectivity index (χ1n) is 12.1. The van der Waals surface area contributed by atoms with Gasteiger partial charge < -0.3 is 9.64 Å². The van der Waals surface area contributed by atoms with E-state index in [1.165, 1.54) is 4.70 Å². The van der Waals surface area contributed by atoms with E-state index >= 15 is 0 Å². The molecule has 1 atom stereocenters. The molecule has 1 aliphatic rings. The Kier molecular flexibility index (Phi) is 7.64. The van der Waals surface area contributed by atoms with Gasteiger partial charge in [-0.1, -0.05) is 72.0 Å². The number of hydrogen-bond acceptors (Lipinski definition) is 8. The standard InChI is InChI=1S/C27H27N7OS.ClH/c1-35-23-13-7-5-11-21(23)25(26-29-30-31-34(26)19-20-9-3-2-4-10-20)32-15-17-33(18-16-32)27-28-22-12-6-8-14-24(22)36-27;/h2-14,25H,15-19H2,1H3;1H. The molecule has 5 aromatic rings. The Balaban J connectivity index is 0.00000280. The minimum absolute atomic E-state index is 0. The van der Waals surface area contributed by atoms with Gasteiger partial charge in [0.1, 0.15) is 11.8 Å². The second-order valence-corrected chi connectivity index (χ2v) is 9.82. The van der Waals surface area contributed by atoms with Crippen molar-refractivity contribution in [2.24, 2.45) is 0 Å². The molecule has 0 bridgehead atoms. The van der Waals surface area contributed by atoms with Crippen LogP contribution in [0.4, 0.5) is 5.13 Å². The van der Waals surface area contributed by atoms with E-state index in [1.807, 2.05) is 47.1 Å². The first-order valence-corrected chi connectivity index (χ1v) is 12.9. The number of ether oxygens (including phenoxy) is 1. The van der Waals surface area contributed by atoms with E-state index in [1.54, 1.807) is 18.4 Å². The van der Waals surface area contributed by atoms with Gasteiger partial charge in [-0.15, -0.1) is 17.5 Å². The number of tetrazole rings is 1. The van der Waals surface area contributed by atoms with Crippen LogP contribution in [0, 0.1) is 0 Å². The molecule has 1 unspecified atom stereocenters. The van der Waals surface area contributed by atoms with Gasteiger partial charge in [0.05, 0.1) is 23.9 Å². The number of fused-ring (bicyclic) bond motifs is 1. The van der Waals surface area contributed by atoms with E-state index in [2.05, 4.69) is 61.7 Å². The molecule has 3 heterocycles. The highest BCUT2D eigenvalue weighted by atomic mass is 35.5. The van der Waals surface area contributed by atoms with Crippen molar-refractivity contribution in [2.45, 2.75) is 12.6 Å². The van der Waals surface area contributed by atoms with E-state index in [0.717, 1.165) is 59.5 Å². The molecule has 0 saturated carbocycles. The molecule has 0 N–H and O–H groups in total. The molecule has 1 saturated heterocycles. The third kappa shape index (κ3) is 5.16.